The van der Waals surface area contributed by atoms with Gasteiger partial charge in [-0.2, -0.15) is 0 Å². The summed E-state index contributed by atoms with van der Waals surface area (Å²) in [6, 6.07) is 9.55. The van der Waals surface area contributed by atoms with E-state index in [-0.39, 0.29) is 11.8 Å². The Hall–Kier alpha value is -2.63. The number of hydrogen-bond acceptors (Lipinski definition) is 5. The van der Waals surface area contributed by atoms with Crippen LogP contribution >= 0.6 is 0 Å². The lowest BCUT2D eigenvalue weighted by Gasteiger charge is -2.24. The molecule has 0 aliphatic carbocycles. The first kappa shape index (κ1) is 14.3. The molecule has 6 heteroatoms. The van der Waals surface area contributed by atoms with Crippen LogP contribution in [0.25, 0.3) is 0 Å². The van der Waals surface area contributed by atoms with Crippen molar-refractivity contribution in [3.8, 4) is 5.75 Å². The van der Waals surface area contributed by atoms with Crippen LogP contribution in [0.2, 0.25) is 0 Å². The normalized spacial score (nSPS) is 16.4. The van der Waals surface area contributed by atoms with E-state index in [1.54, 1.807) is 6.07 Å². The molecule has 1 aliphatic heterocycles. The molecule has 22 heavy (non-hydrogen) atoms. The lowest BCUT2D eigenvalue weighted by molar-refractivity contribution is -0.121. The third-order valence-corrected chi connectivity index (χ3v) is 3.61. The number of carbonyl (C=O) groups excluding carboxylic acids is 1. The van der Waals surface area contributed by atoms with Crippen LogP contribution in [0, 0.1) is 5.92 Å². The molecule has 1 N–H and O–H groups in total. The number of ether oxygens (including phenoxy) is 1. The van der Waals surface area contributed by atoms with Gasteiger partial charge in [0.15, 0.2) is 0 Å². The summed E-state index contributed by atoms with van der Waals surface area (Å²) in [6.07, 6.45) is 2.12. The molecule has 1 atom stereocenters. The summed E-state index contributed by atoms with van der Waals surface area (Å²) in [4.78, 5) is 22.5. The molecule has 0 radical (unpaired) electrons. The quantitative estimate of drug-likeness (QED) is 0.934. The summed E-state index contributed by atoms with van der Waals surface area (Å²) in [5.74, 6) is 1.81. The molecule has 3 rings (SSSR count). The van der Waals surface area contributed by atoms with Gasteiger partial charge in [-0.05, 0) is 18.1 Å². The monoisotopic (exact) mass is 298 g/mol. The molecular weight excluding hydrogens is 280 g/mol. The van der Waals surface area contributed by atoms with Crippen molar-refractivity contribution < 1.29 is 9.53 Å². The summed E-state index contributed by atoms with van der Waals surface area (Å²) >= 11 is 0. The van der Waals surface area contributed by atoms with Gasteiger partial charge in [-0.1, -0.05) is 18.2 Å². The fourth-order valence-corrected chi connectivity index (χ4v) is 2.38. The Bertz CT molecular complexity index is 687. The Morgan fingerprint density at radius 1 is 1.32 bits per heavy atom. The van der Waals surface area contributed by atoms with Crippen LogP contribution in [0.5, 0.6) is 5.75 Å². The van der Waals surface area contributed by atoms with Crippen LogP contribution in [0.4, 0.5) is 11.6 Å². The predicted octanol–water partition coefficient (Wildman–Crippen LogP) is 1.73. The SMILES string of the molecule is CN(C)c1cc(NC(=O)C2COc3ccccc3C2)ncn1. The van der Waals surface area contributed by atoms with Crippen molar-refractivity contribution in [3.63, 3.8) is 0 Å². The first-order valence-corrected chi connectivity index (χ1v) is 7.14. The van der Waals surface area contributed by atoms with Crippen molar-refractivity contribution in [2.24, 2.45) is 5.92 Å². The first-order chi connectivity index (χ1) is 10.6. The third-order valence-electron chi connectivity index (χ3n) is 3.61. The van der Waals surface area contributed by atoms with E-state index in [1.807, 2.05) is 43.3 Å². The summed E-state index contributed by atoms with van der Waals surface area (Å²) < 4.78 is 5.66. The van der Waals surface area contributed by atoms with E-state index < -0.39 is 0 Å². The number of para-hydroxylation sites is 1. The highest BCUT2D eigenvalue weighted by atomic mass is 16.5. The number of amides is 1. The molecule has 1 aliphatic rings. The number of benzene rings is 1. The number of fused-ring (bicyclic) bond motifs is 1. The molecule has 0 saturated heterocycles. The minimum atomic E-state index is -0.215. The molecule has 1 aromatic carbocycles. The van der Waals surface area contributed by atoms with Gasteiger partial charge in [-0.3, -0.25) is 4.79 Å². The molecule has 2 heterocycles. The molecule has 1 amide bonds. The van der Waals surface area contributed by atoms with E-state index in [0.717, 1.165) is 17.1 Å². The molecule has 1 unspecified atom stereocenters. The highest BCUT2D eigenvalue weighted by Gasteiger charge is 2.26. The van der Waals surface area contributed by atoms with Crippen molar-refractivity contribution >= 4 is 17.5 Å². The number of hydrogen-bond donors (Lipinski definition) is 1. The van der Waals surface area contributed by atoms with Gasteiger partial charge in [0.05, 0.1) is 5.92 Å². The maximum Gasteiger partial charge on any atom is 0.232 e. The summed E-state index contributed by atoms with van der Waals surface area (Å²) in [6.45, 7) is 0.383. The Labute approximate surface area is 129 Å². The standard InChI is InChI=1S/C16H18N4O2/c1-20(2)15-8-14(17-10-18-15)19-16(21)12-7-11-5-3-4-6-13(11)22-9-12/h3-6,8,10,12H,7,9H2,1-2H3,(H,17,18,19,21). The van der Waals surface area contributed by atoms with Crippen molar-refractivity contribution in [3.05, 3.63) is 42.2 Å². The van der Waals surface area contributed by atoms with Crippen molar-refractivity contribution in [2.45, 2.75) is 6.42 Å². The fourth-order valence-electron chi connectivity index (χ4n) is 2.38. The highest BCUT2D eigenvalue weighted by Crippen LogP contribution is 2.27. The Balaban J connectivity index is 1.69. The predicted molar refractivity (Wildman–Crippen MR) is 84.1 cm³/mol. The molecule has 0 bridgehead atoms. The fraction of sp³-hybridized carbons (Fsp3) is 0.312. The van der Waals surface area contributed by atoms with Crippen molar-refractivity contribution in [2.75, 3.05) is 30.9 Å². The lowest BCUT2D eigenvalue weighted by atomic mass is 9.96. The van der Waals surface area contributed by atoms with Crippen LogP contribution in [-0.4, -0.2) is 36.6 Å². The van der Waals surface area contributed by atoms with Gasteiger partial charge in [-0.15, -0.1) is 0 Å². The van der Waals surface area contributed by atoms with Crippen molar-refractivity contribution in [1.29, 1.82) is 0 Å². The van der Waals surface area contributed by atoms with E-state index in [2.05, 4.69) is 15.3 Å². The summed E-state index contributed by atoms with van der Waals surface area (Å²) in [5, 5.41) is 2.84. The second-order valence-electron chi connectivity index (χ2n) is 5.46. The molecule has 114 valence electrons. The smallest absolute Gasteiger partial charge is 0.232 e. The van der Waals surface area contributed by atoms with E-state index in [9.17, 15) is 4.79 Å². The van der Waals surface area contributed by atoms with E-state index in [4.69, 9.17) is 4.74 Å². The number of rotatable bonds is 3. The van der Waals surface area contributed by atoms with Gasteiger partial charge in [0.1, 0.15) is 30.3 Å². The number of nitrogens with zero attached hydrogens (tertiary/aromatic N) is 3. The van der Waals surface area contributed by atoms with E-state index >= 15 is 0 Å². The van der Waals surface area contributed by atoms with E-state index in [1.165, 1.54) is 6.33 Å². The number of anilines is 2. The van der Waals surface area contributed by atoms with Crippen LogP contribution in [0.15, 0.2) is 36.7 Å². The Kier molecular flexibility index (Phi) is 3.91. The summed E-state index contributed by atoms with van der Waals surface area (Å²) in [5.41, 5.74) is 1.06. The van der Waals surface area contributed by atoms with Gasteiger partial charge in [0, 0.05) is 20.2 Å². The molecule has 6 nitrogen and oxygen atoms in total. The zero-order valence-electron chi connectivity index (χ0n) is 12.6. The Morgan fingerprint density at radius 3 is 2.95 bits per heavy atom. The zero-order valence-corrected chi connectivity index (χ0v) is 12.6. The molecule has 0 spiro atoms. The second kappa shape index (κ2) is 6.01. The number of nitrogens with one attached hydrogen (secondary N) is 1. The second-order valence-corrected chi connectivity index (χ2v) is 5.46. The van der Waals surface area contributed by atoms with Crippen LogP contribution in [0.1, 0.15) is 5.56 Å². The van der Waals surface area contributed by atoms with Crippen LogP contribution < -0.4 is 15.0 Å². The average molecular weight is 298 g/mol. The molecule has 2 aromatic rings. The maximum atomic E-state index is 12.4. The largest absolute Gasteiger partial charge is 0.492 e. The maximum absolute atomic E-state index is 12.4. The Morgan fingerprint density at radius 2 is 2.14 bits per heavy atom. The first-order valence-electron chi connectivity index (χ1n) is 7.14. The highest BCUT2D eigenvalue weighted by molar-refractivity contribution is 5.92. The third kappa shape index (κ3) is 3.00. The molecular formula is C16H18N4O2. The number of carbonyl (C=O) groups is 1. The van der Waals surface area contributed by atoms with Gasteiger partial charge in [0.2, 0.25) is 5.91 Å². The van der Waals surface area contributed by atoms with Crippen LogP contribution in [0.3, 0.4) is 0 Å². The zero-order chi connectivity index (χ0) is 15.5. The minimum Gasteiger partial charge on any atom is -0.492 e. The molecule has 1 aromatic heterocycles. The van der Waals surface area contributed by atoms with Crippen LogP contribution in [-0.2, 0) is 11.2 Å². The van der Waals surface area contributed by atoms with Gasteiger partial charge < -0.3 is 15.0 Å². The van der Waals surface area contributed by atoms with Gasteiger partial charge in [0.25, 0.3) is 0 Å². The van der Waals surface area contributed by atoms with Gasteiger partial charge in [-0.25, -0.2) is 9.97 Å². The molecule has 0 fully saturated rings. The molecule has 0 saturated carbocycles. The topological polar surface area (TPSA) is 67.4 Å². The minimum absolute atomic E-state index is 0.0853. The van der Waals surface area contributed by atoms with E-state index in [0.29, 0.717) is 18.8 Å². The average Bonchev–Trinajstić information content (AvgIpc) is 2.54. The van der Waals surface area contributed by atoms with Crippen molar-refractivity contribution in [1.82, 2.24) is 9.97 Å². The summed E-state index contributed by atoms with van der Waals surface area (Å²) in [7, 11) is 3.78. The van der Waals surface area contributed by atoms with Gasteiger partial charge >= 0.3 is 0 Å². The lowest BCUT2D eigenvalue weighted by Crippen LogP contribution is -2.32. The number of aromatic nitrogens is 2.